The molecule has 120 valence electrons. The molecule has 0 aliphatic carbocycles. The average Bonchev–Trinajstić information content (AvgIpc) is 2.46. The number of hydrogen-bond donors (Lipinski definition) is 1. The maximum atomic E-state index is 11.8. The third-order valence-electron chi connectivity index (χ3n) is 2.51. The highest BCUT2D eigenvalue weighted by Crippen LogP contribution is 2.10. The van der Waals surface area contributed by atoms with E-state index in [1.807, 2.05) is 6.92 Å². The summed E-state index contributed by atoms with van der Waals surface area (Å²) in [4.78, 5) is 23.1. The molecule has 6 heteroatoms. The highest BCUT2D eigenvalue weighted by molar-refractivity contribution is 5.89. The van der Waals surface area contributed by atoms with Gasteiger partial charge in [0.1, 0.15) is 12.7 Å². The number of carbonyl (C=O) groups excluding carboxylic acids is 2. The quantitative estimate of drug-likeness (QED) is 0.353. The molecule has 0 saturated carbocycles. The van der Waals surface area contributed by atoms with Crippen molar-refractivity contribution in [1.29, 1.82) is 0 Å². The zero-order chi connectivity index (χ0) is 16.3. The first-order valence-electron chi connectivity index (χ1n) is 6.85. The number of ether oxygens (including phenoxy) is 3. The average molecular weight is 300 g/mol. The number of aliphatic hydroxyl groups excluding tert-OH is 1. The van der Waals surface area contributed by atoms with E-state index < -0.39 is 18.0 Å². The third kappa shape index (κ3) is 8.27. The van der Waals surface area contributed by atoms with Crippen molar-refractivity contribution in [2.75, 3.05) is 26.4 Å². The van der Waals surface area contributed by atoms with E-state index in [1.54, 1.807) is 0 Å². The molecule has 0 aromatic carbocycles. The van der Waals surface area contributed by atoms with Crippen molar-refractivity contribution in [2.45, 2.75) is 32.8 Å². The first-order chi connectivity index (χ1) is 9.93. The second-order valence-corrected chi connectivity index (χ2v) is 4.48. The van der Waals surface area contributed by atoms with Gasteiger partial charge in [0.15, 0.2) is 0 Å². The van der Waals surface area contributed by atoms with Crippen LogP contribution in [0.5, 0.6) is 0 Å². The molecular weight excluding hydrogens is 276 g/mol. The molecule has 0 heterocycles. The van der Waals surface area contributed by atoms with Crippen molar-refractivity contribution >= 4 is 11.9 Å². The van der Waals surface area contributed by atoms with Crippen molar-refractivity contribution < 1.29 is 28.9 Å². The van der Waals surface area contributed by atoms with Crippen LogP contribution < -0.4 is 0 Å². The van der Waals surface area contributed by atoms with Crippen molar-refractivity contribution in [3.05, 3.63) is 24.3 Å². The van der Waals surface area contributed by atoms with Crippen molar-refractivity contribution in [3.8, 4) is 0 Å². The molecule has 1 atom stereocenters. The fourth-order valence-electron chi connectivity index (χ4n) is 1.25. The first-order valence-corrected chi connectivity index (χ1v) is 6.85. The normalized spacial score (nSPS) is 11.6. The maximum absolute atomic E-state index is 11.8. The van der Waals surface area contributed by atoms with Crippen LogP contribution in [0.15, 0.2) is 24.3 Å². The van der Waals surface area contributed by atoms with Crippen LogP contribution in [0.25, 0.3) is 0 Å². The van der Waals surface area contributed by atoms with E-state index in [0.717, 1.165) is 12.8 Å². The minimum absolute atomic E-state index is 0.00342. The molecule has 0 aliphatic rings. The van der Waals surface area contributed by atoms with Crippen LogP contribution in [0, 0.1) is 0 Å². The Balaban J connectivity index is 4.50. The van der Waals surface area contributed by atoms with Gasteiger partial charge in [-0.15, -0.1) is 0 Å². The Hall–Kier alpha value is -1.66. The third-order valence-corrected chi connectivity index (χ3v) is 2.51. The smallest absolute Gasteiger partial charge is 0.336 e. The first kappa shape index (κ1) is 19.3. The molecule has 0 aromatic rings. The lowest BCUT2D eigenvalue weighted by Gasteiger charge is -2.19. The van der Waals surface area contributed by atoms with Crippen LogP contribution in [0.3, 0.4) is 0 Å². The summed E-state index contributed by atoms with van der Waals surface area (Å²) in [6.07, 6.45) is 0.807. The SMILES string of the molecule is C=C(C)C(=O)OCC(OCCO)C(=C)C(=O)OCCCC. The summed E-state index contributed by atoms with van der Waals surface area (Å²) in [6.45, 7) is 10.5. The van der Waals surface area contributed by atoms with Gasteiger partial charge in [0, 0.05) is 5.57 Å². The van der Waals surface area contributed by atoms with Crippen molar-refractivity contribution in [2.24, 2.45) is 0 Å². The number of hydrogen-bond acceptors (Lipinski definition) is 6. The number of rotatable bonds is 11. The summed E-state index contributed by atoms with van der Waals surface area (Å²) in [5, 5.41) is 8.78. The predicted octanol–water partition coefficient (Wildman–Crippen LogP) is 1.38. The zero-order valence-electron chi connectivity index (χ0n) is 12.7. The summed E-state index contributed by atoms with van der Waals surface area (Å²) >= 11 is 0. The van der Waals surface area contributed by atoms with Gasteiger partial charge in [-0.2, -0.15) is 0 Å². The van der Waals surface area contributed by atoms with Crippen LogP contribution in [-0.4, -0.2) is 49.6 Å². The minimum atomic E-state index is -0.852. The minimum Gasteiger partial charge on any atom is -0.462 e. The molecule has 0 fully saturated rings. The summed E-state index contributed by atoms with van der Waals surface area (Å²) in [6, 6.07) is 0. The Morgan fingerprint density at radius 2 is 1.81 bits per heavy atom. The van der Waals surface area contributed by atoms with Crippen LogP contribution in [0.2, 0.25) is 0 Å². The van der Waals surface area contributed by atoms with E-state index in [-0.39, 0.29) is 31.0 Å². The molecule has 1 unspecified atom stereocenters. The van der Waals surface area contributed by atoms with Gasteiger partial charge in [0.25, 0.3) is 0 Å². The number of aliphatic hydroxyl groups is 1. The molecule has 0 aromatic heterocycles. The van der Waals surface area contributed by atoms with Crippen molar-refractivity contribution in [3.63, 3.8) is 0 Å². The molecule has 0 spiro atoms. The van der Waals surface area contributed by atoms with Gasteiger partial charge in [-0.1, -0.05) is 26.5 Å². The van der Waals surface area contributed by atoms with Gasteiger partial charge in [0.05, 0.1) is 25.4 Å². The second-order valence-electron chi connectivity index (χ2n) is 4.48. The van der Waals surface area contributed by atoms with Crippen LogP contribution in [0.4, 0.5) is 0 Å². The highest BCUT2D eigenvalue weighted by Gasteiger charge is 2.23. The molecule has 0 rings (SSSR count). The molecule has 0 saturated heterocycles. The lowest BCUT2D eigenvalue weighted by molar-refractivity contribution is -0.147. The number of unbranched alkanes of at least 4 members (excludes halogenated alkanes) is 1. The number of carbonyl (C=O) groups is 2. The topological polar surface area (TPSA) is 82.1 Å². The van der Waals surface area contributed by atoms with Gasteiger partial charge in [-0.05, 0) is 13.3 Å². The Bertz CT molecular complexity index is 374. The predicted molar refractivity (Wildman–Crippen MR) is 77.6 cm³/mol. The van der Waals surface area contributed by atoms with E-state index in [9.17, 15) is 9.59 Å². The van der Waals surface area contributed by atoms with Gasteiger partial charge in [-0.25, -0.2) is 9.59 Å². The summed E-state index contributed by atoms with van der Waals surface area (Å²) in [7, 11) is 0. The van der Waals surface area contributed by atoms with E-state index in [4.69, 9.17) is 19.3 Å². The maximum Gasteiger partial charge on any atom is 0.336 e. The largest absolute Gasteiger partial charge is 0.462 e. The van der Waals surface area contributed by atoms with E-state index in [2.05, 4.69) is 13.2 Å². The van der Waals surface area contributed by atoms with Gasteiger partial charge in [0.2, 0.25) is 0 Å². The Morgan fingerprint density at radius 3 is 2.33 bits per heavy atom. The highest BCUT2D eigenvalue weighted by atomic mass is 16.6. The summed E-state index contributed by atoms with van der Waals surface area (Å²) in [5.74, 6) is -1.18. The van der Waals surface area contributed by atoms with Crippen LogP contribution >= 0.6 is 0 Å². The van der Waals surface area contributed by atoms with Gasteiger partial charge < -0.3 is 19.3 Å². The lowest BCUT2D eigenvalue weighted by atomic mass is 10.2. The zero-order valence-corrected chi connectivity index (χ0v) is 12.7. The Kier molecular flexibility index (Phi) is 10.2. The van der Waals surface area contributed by atoms with Crippen LogP contribution in [0.1, 0.15) is 26.7 Å². The monoisotopic (exact) mass is 300 g/mol. The van der Waals surface area contributed by atoms with Gasteiger partial charge in [-0.3, -0.25) is 0 Å². The van der Waals surface area contributed by atoms with E-state index in [1.165, 1.54) is 6.92 Å². The Morgan fingerprint density at radius 1 is 1.14 bits per heavy atom. The summed E-state index contributed by atoms with van der Waals surface area (Å²) < 4.78 is 15.2. The molecule has 0 amide bonds. The molecule has 0 bridgehead atoms. The lowest BCUT2D eigenvalue weighted by Crippen LogP contribution is -2.29. The summed E-state index contributed by atoms with van der Waals surface area (Å²) in [5.41, 5.74) is 0.293. The van der Waals surface area contributed by atoms with Crippen molar-refractivity contribution in [1.82, 2.24) is 0 Å². The van der Waals surface area contributed by atoms with E-state index in [0.29, 0.717) is 6.61 Å². The molecular formula is C15H24O6. The van der Waals surface area contributed by atoms with Gasteiger partial charge >= 0.3 is 11.9 Å². The van der Waals surface area contributed by atoms with E-state index >= 15 is 0 Å². The molecule has 6 nitrogen and oxygen atoms in total. The molecule has 21 heavy (non-hydrogen) atoms. The molecule has 0 aliphatic heterocycles. The van der Waals surface area contributed by atoms with Crippen LogP contribution in [-0.2, 0) is 23.8 Å². The fourth-order valence-corrected chi connectivity index (χ4v) is 1.25. The Labute approximate surface area is 125 Å². The second kappa shape index (κ2) is 11.0. The molecule has 0 radical (unpaired) electrons. The standard InChI is InChI=1S/C15H24O6/c1-5-6-8-20-15(18)12(4)13(19-9-7-16)10-21-14(17)11(2)3/h13,16H,2,4-10H2,1,3H3. The molecule has 1 N–H and O–H groups in total. The fraction of sp³-hybridized carbons (Fsp3) is 0.600. The number of esters is 2.